The third kappa shape index (κ3) is 2.87. The van der Waals surface area contributed by atoms with Crippen LogP contribution in [0, 0.1) is 19.3 Å². The van der Waals surface area contributed by atoms with Crippen LogP contribution < -0.4 is 16.1 Å². The number of carbonyl (C=O) groups is 1. The van der Waals surface area contributed by atoms with E-state index in [0.717, 1.165) is 12.0 Å². The van der Waals surface area contributed by atoms with Crippen LogP contribution in [0.4, 0.5) is 0 Å². The van der Waals surface area contributed by atoms with E-state index in [-0.39, 0.29) is 33.9 Å². The number of carbonyl (C=O) groups excluding carboxylic acids is 1. The molecule has 0 amide bonds. The van der Waals surface area contributed by atoms with Crippen LogP contribution in [0.1, 0.15) is 60.1 Å². The molecule has 2 aromatic rings. The summed E-state index contributed by atoms with van der Waals surface area (Å²) in [6.07, 6.45) is 0.727. The number of rotatable bonds is 2. The van der Waals surface area contributed by atoms with Crippen molar-refractivity contribution in [3.63, 3.8) is 0 Å². The maximum atomic E-state index is 13.2. The van der Waals surface area contributed by atoms with Crippen LogP contribution in [0.5, 0.6) is 0 Å². The molecule has 5 nitrogen and oxygen atoms in total. The Kier molecular flexibility index (Phi) is 4.14. The van der Waals surface area contributed by atoms with E-state index in [2.05, 4.69) is 32.3 Å². The van der Waals surface area contributed by atoms with Crippen LogP contribution in [-0.4, -0.2) is 20.4 Å². The fourth-order valence-electron chi connectivity index (χ4n) is 3.41. The number of aromatic nitrogens is 2. The summed E-state index contributed by atoms with van der Waals surface area (Å²) >= 11 is 0. The number of hydrogen-bond acceptors (Lipinski definition) is 4. The third-order valence-electron chi connectivity index (χ3n) is 4.77. The van der Waals surface area contributed by atoms with Crippen molar-refractivity contribution in [2.24, 2.45) is 5.41 Å². The van der Waals surface area contributed by atoms with Crippen LogP contribution >= 0.6 is 0 Å². The van der Waals surface area contributed by atoms with E-state index >= 15 is 0 Å². The fourth-order valence-corrected chi connectivity index (χ4v) is 3.41. The SMILES string of the molecule is C=c1cc(C)c2c(n1)C(=O)c1c(c(C)cc(=O)n1CCC(C)(C)C)C=2O. The van der Waals surface area contributed by atoms with Gasteiger partial charge in [0.05, 0.1) is 5.35 Å². The van der Waals surface area contributed by atoms with Gasteiger partial charge in [0.15, 0.2) is 0 Å². The minimum Gasteiger partial charge on any atom is -0.507 e. The molecule has 1 aliphatic rings. The van der Waals surface area contributed by atoms with E-state index in [4.69, 9.17) is 0 Å². The van der Waals surface area contributed by atoms with Crippen molar-refractivity contribution in [2.45, 2.75) is 47.6 Å². The first-order valence-electron chi connectivity index (χ1n) is 8.70. The van der Waals surface area contributed by atoms with Gasteiger partial charge in [-0.15, -0.1) is 0 Å². The van der Waals surface area contributed by atoms with E-state index in [0.29, 0.717) is 28.2 Å². The van der Waals surface area contributed by atoms with Crippen molar-refractivity contribution >= 4 is 18.1 Å². The molecule has 1 N–H and O–H groups in total. The van der Waals surface area contributed by atoms with Gasteiger partial charge in [-0.05, 0) is 42.9 Å². The number of ketones is 1. The Morgan fingerprint density at radius 1 is 1.15 bits per heavy atom. The van der Waals surface area contributed by atoms with Crippen LogP contribution in [0.15, 0.2) is 16.9 Å². The summed E-state index contributed by atoms with van der Waals surface area (Å²) in [6, 6.07) is 3.22. The van der Waals surface area contributed by atoms with Gasteiger partial charge in [0.1, 0.15) is 17.1 Å². The maximum absolute atomic E-state index is 13.2. The van der Waals surface area contributed by atoms with Crippen molar-refractivity contribution in [1.29, 1.82) is 0 Å². The highest BCUT2D eigenvalue weighted by Crippen LogP contribution is 2.26. The topological polar surface area (TPSA) is 72.2 Å². The Morgan fingerprint density at radius 3 is 2.42 bits per heavy atom. The van der Waals surface area contributed by atoms with Crippen LogP contribution in [0.2, 0.25) is 0 Å². The van der Waals surface area contributed by atoms with Crippen molar-refractivity contribution in [1.82, 2.24) is 9.55 Å². The van der Waals surface area contributed by atoms with Gasteiger partial charge in [-0.25, -0.2) is 4.98 Å². The summed E-state index contributed by atoms with van der Waals surface area (Å²) in [5.41, 5.74) is 1.91. The molecule has 136 valence electrons. The van der Waals surface area contributed by atoms with E-state index < -0.39 is 0 Å². The first-order valence-corrected chi connectivity index (χ1v) is 8.70. The van der Waals surface area contributed by atoms with Gasteiger partial charge in [-0.1, -0.05) is 27.4 Å². The predicted octanol–water partition coefficient (Wildman–Crippen LogP) is 1.97. The number of aliphatic hydroxyl groups excluding tert-OH is 1. The summed E-state index contributed by atoms with van der Waals surface area (Å²) < 4.78 is 1.47. The Morgan fingerprint density at radius 2 is 1.81 bits per heavy atom. The number of pyridine rings is 2. The lowest BCUT2D eigenvalue weighted by molar-refractivity contribution is 0.101. The summed E-state index contributed by atoms with van der Waals surface area (Å²) in [7, 11) is 0. The lowest BCUT2D eigenvalue weighted by Crippen LogP contribution is -2.38. The molecule has 0 aromatic carbocycles. The molecule has 0 unspecified atom stereocenters. The summed E-state index contributed by atoms with van der Waals surface area (Å²) in [5.74, 6) is -0.335. The van der Waals surface area contributed by atoms with Gasteiger partial charge in [0, 0.05) is 23.4 Å². The Hall–Kier alpha value is -2.69. The second kappa shape index (κ2) is 5.94. The highest BCUT2D eigenvalue weighted by molar-refractivity contribution is 6.12. The van der Waals surface area contributed by atoms with Gasteiger partial charge in [0.25, 0.3) is 5.56 Å². The second-order valence-corrected chi connectivity index (χ2v) is 8.18. The molecule has 0 radical (unpaired) electrons. The molecule has 0 aliphatic heterocycles. The summed E-state index contributed by atoms with van der Waals surface area (Å²) in [6.45, 7) is 14.0. The standard InChI is InChI=1S/C21H24N2O3/c1-11-9-13(3)22-17-15(11)19(25)16-12(2)10-14(24)23(18(16)20(17)26)8-7-21(4,5)6/h9-10,25H,3,7-8H2,1-2,4-6H3. The Balaban J connectivity index is 2.38. The smallest absolute Gasteiger partial charge is 0.251 e. The average molecular weight is 352 g/mol. The van der Waals surface area contributed by atoms with Gasteiger partial charge in [-0.2, -0.15) is 0 Å². The molecule has 1 aliphatic carbocycles. The Labute approximate surface area is 152 Å². The predicted molar refractivity (Wildman–Crippen MR) is 102 cm³/mol. The number of hydrogen-bond donors (Lipinski definition) is 1. The van der Waals surface area contributed by atoms with Crippen molar-refractivity contribution in [3.8, 4) is 0 Å². The normalized spacial score (nSPS) is 13.6. The first-order chi connectivity index (χ1) is 12.0. The molecule has 26 heavy (non-hydrogen) atoms. The largest absolute Gasteiger partial charge is 0.507 e. The molecule has 0 spiro atoms. The van der Waals surface area contributed by atoms with Gasteiger partial charge >= 0.3 is 0 Å². The summed E-state index contributed by atoms with van der Waals surface area (Å²) in [4.78, 5) is 30.1. The number of aryl methyl sites for hydroxylation is 2. The van der Waals surface area contributed by atoms with E-state index in [1.54, 1.807) is 13.0 Å². The van der Waals surface area contributed by atoms with Crippen LogP contribution in [-0.2, 0) is 6.54 Å². The first kappa shape index (κ1) is 18.1. The maximum Gasteiger partial charge on any atom is 0.251 e. The lowest BCUT2D eigenvalue weighted by Gasteiger charge is -2.24. The molecular formula is C21H24N2O3. The highest BCUT2D eigenvalue weighted by atomic mass is 16.3. The fraction of sp³-hybridized carbons (Fsp3) is 0.381. The highest BCUT2D eigenvalue weighted by Gasteiger charge is 2.31. The number of aliphatic hydroxyl groups is 1. The Bertz CT molecular complexity index is 1100. The molecule has 0 saturated heterocycles. The van der Waals surface area contributed by atoms with Gasteiger partial charge in [0.2, 0.25) is 5.78 Å². The van der Waals surface area contributed by atoms with Crippen LogP contribution in [0.3, 0.4) is 0 Å². The van der Waals surface area contributed by atoms with Crippen molar-refractivity contribution < 1.29 is 9.90 Å². The molecule has 0 atom stereocenters. The molecule has 5 heteroatoms. The molecule has 0 saturated carbocycles. The molecule has 0 bridgehead atoms. The van der Waals surface area contributed by atoms with E-state index in [9.17, 15) is 14.7 Å². The minimum absolute atomic E-state index is 0.00149. The molecule has 2 aromatic heterocycles. The third-order valence-corrected chi connectivity index (χ3v) is 4.77. The van der Waals surface area contributed by atoms with Crippen molar-refractivity contribution in [3.05, 3.63) is 61.1 Å². The van der Waals surface area contributed by atoms with Crippen molar-refractivity contribution in [2.75, 3.05) is 0 Å². The van der Waals surface area contributed by atoms with Gasteiger partial charge < -0.3 is 9.67 Å². The molecule has 3 rings (SSSR count). The van der Waals surface area contributed by atoms with Gasteiger partial charge in [-0.3, -0.25) is 9.59 Å². The monoisotopic (exact) mass is 352 g/mol. The number of fused-ring (bicyclic) bond motifs is 2. The second-order valence-electron chi connectivity index (χ2n) is 8.18. The zero-order valence-electron chi connectivity index (χ0n) is 15.9. The molecule has 2 heterocycles. The van der Waals surface area contributed by atoms with E-state index in [1.165, 1.54) is 10.6 Å². The van der Waals surface area contributed by atoms with E-state index in [1.807, 2.05) is 6.92 Å². The zero-order valence-corrected chi connectivity index (χ0v) is 15.9. The quantitative estimate of drug-likeness (QED) is 0.897. The molecule has 0 fully saturated rings. The van der Waals surface area contributed by atoms with Crippen LogP contribution in [0.25, 0.3) is 12.3 Å². The summed E-state index contributed by atoms with van der Waals surface area (Å²) in [5, 5.41) is 11.8. The molecular weight excluding hydrogens is 328 g/mol. The average Bonchev–Trinajstić information content (AvgIpc) is 2.49. The minimum atomic E-state index is -0.337. The lowest BCUT2D eigenvalue weighted by atomic mass is 9.90. The number of nitrogens with zero attached hydrogens (tertiary/aromatic N) is 2. The zero-order chi connectivity index (χ0) is 19.4.